The number of hydrogen-bond acceptors (Lipinski definition) is 2. The van der Waals surface area contributed by atoms with Gasteiger partial charge in [-0.15, -0.1) is 0 Å². The first-order valence-electron chi connectivity index (χ1n) is 5.29. The molecule has 1 unspecified atom stereocenters. The molecule has 0 aliphatic rings. The molecule has 0 aromatic rings. The molecule has 2 heteroatoms. The first-order chi connectivity index (χ1) is 5.98. The minimum absolute atomic E-state index is 0.387. The van der Waals surface area contributed by atoms with Gasteiger partial charge in [0.15, 0.2) is 0 Å². The van der Waals surface area contributed by atoms with Gasteiger partial charge in [-0.2, -0.15) is 11.8 Å². The van der Waals surface area contributed by atoms with Crippen LogP contribution in [0.2, 0.25) is 0 Å². The van der Waals surface area contributed by atoms with Crippen LogP contribution in [0.3, 0.4) is 0 Å². The van der Waals surface area contributed by atoms with E-state index in [9.17, 15) is 0 Å². The van der Waals surface area contributed by atoms with Crippen molar-refractivity contribution in [2.24, 2.45) is 5.41 Å². The third kappa shape index (κ3) is 7.39. The molecule has 0 saturated heterocycles. The van der Waals surface area contributed by atoms with Crippen LogP contribution in [-0.2, 0) is 0 Å². The van der Waals surface area contributed by atoms with Crippen LogP contribution in [0.1, 0.15) is 41.0 Å². The molecule has 0 heterocycles. The summed E-state index contributed by atoms with van der Waals surface area (Å²) in [6, 6.07) is 0.610. The molecule has 0 saturated carbocycles. The summed E-state index contributed by atoms with van der Waals surface area (Å²) in [7, 11) is 0. The van der Waals surface area contributed by atoms with Crippen LogP contribution in [0.15, 0.2) is 0 Å². The fraction of sp³-hybridized carbons (Fsp3) is 1.00. The van der Waals surface area contributed by atoms with E-state index < -0.39 is 0 Å². The smallest absolute Gasteiger partial charge is 0.00872 e. The second-order valence-electron chi connectivity index (χ2n) is 4.59. The molecular formula is C11H25NS. The van der Waals surface area contributed by atoms with E-state index in [1.165, 1.54) is 17.9 Å². The zero-order valence-corrected chi connectivity index (χ0v) is 10.6. The Balaban J connectivity index is 3.32. The van der Waals surface area contributed by atoms with Crippen molar-refractivity contribution in [3.8, 4) is 0 Å². The van der Waals surface area contributed by atoms with Crippen LogP contribution in [0, 0.1) is 5.41 Å². The summed E-state index contributed by atoms with van der Waals surface area (Å²) in [5, 5.41) is 3.57. The summed E-state index contributed by atoms with van der Waals surface area (Å²) in [4.78, 5) is 0. The summed E-state index contributed by atoms with van der Waals surface area (Å²) in [5.74, 6) is 2.54. The van der Waals surface area contributed by atoms with Crippen LogP contribution in [0.25, 0.3) is 0 Å². The van der Waals surface area contributed by atoms with Crippen molar-refractivity contribution in [1.82, 2.24) is 5.32 Å². The number of nitrogens with one attached hydrogen (secondary N) is 1. The topological polar surface area (TPSA) is 12.0 Å². The molecule has 1 atom stereocenters. The van der Waals surface area contributed by atoms with Crippen LogP contribution in [0.5, 0.6) is 0 Å². The summed E-state index contributed by atoms with van der Waals surface area (Å²) < 4.78 is 0. The molecule has 0 aliphatic heterocycles. The van der Waals surface area contributed by atoms with Gasteiger partial charge >= 0.3 is 0 Å². The normalized spacial score (nSPS) is 14.5. The van der Waals surface area contributed by atoms with Gasteiger partial charge in [0, 0.05) is 6.04 Å². The van der Waals surface area contributed by atoms with Crippen LogP contribution < -0.4 is 5.32 Å². The summed E-state index contributed by atoms with van der Waals surface area (Å²) in [6.07, 6.45) is 1.29. The molecule has 13 heavy (non-hydrogen) atoms. The van der Waals surface area contributed by atoms with Gasteiger partial charge in [0.25, 0.3) is 0 Å². The summed E-state index contributed by atoms with van der Waals surface area (Å²) >= 11 is 2.03. The van der Waals surface area contributed by atoms with Crippen molar-refractivity contribution in [2.45, 2.75) is 47.1 Å². The van der Waals surface area contributed by atoms with Gasteiger partial charge in [0.2, 0.25) is 0 Å². The lowest BCUT2D eigenvalue weighted by Gasteiger charge is -2.28. The first kappa shape index (κ1) is 13.3. The number of thioether (sulfide) groups is 1. The zero-order valence-electron chi connectivity index (χ0n) is 9.81. The summed E-state index contributed by atoms with van der Waals surface area (Å²) in [6.45, 7) is 12.5. The molecular weight excluding hydrogens is 178 g/mol. The molecule has 0 radical (unpaired) electrons. The van der Waals surface area contributed by atoms with E-state index in [4.69, 9.17) is 0 Å². The summed E-state index contributed by atoms with van der Waals surface area (Å²) in [5.41, 5.74) is 0.387. The highest BCUT2D eigenvalue weighted by Gasteiger charge is 2.18. The highest BCUT2D eigenvalue weighted by Crippen LogP contribution is 2.18. The fourth-order valence-corrected chi connectivity index (χ4v) is 1.58. The van der Waals surface area contributed by atoms with Gasteiger partial charge in [-0.1, -0.05) is 27.7 Å². The molecule has 0 spiro atoms. The standard InChI is InChI=1S/C11H25NS/c1-6-13-9-7-8-12-10(2)11(3,4)5/h10,12H,6-9H2,1-5H3. The molecule has 0 aromatic heterocycles. The third-order valence-electron chi connectivity index (χ3n) is 2.42. The fourth-order valence-electron chi connectivity index (χ4n) is 0.943. The SMILES string of the molecule is CCSCCCNC(C)C(C)(C)C. The molecule has 0 aromatic carbocycles. The third-order valence-corrected chi connectivity index (χ3v) is 3.40. The second kappa shape index (κ2) is 6.72. The highest BCUT2D eigenvalue weighted by molar-refractivity contribution is 7.99. The highest BCUT2D eigenvalue weighted by atomic mass is 32.2. The Kier molecular flexibility index (Phi) is 6.88. The van der Waals surface area contributed by atoms with E-state index in [2.05, 4.69) is 39.9 Å². The molecule has 0 aliphatic carbocycles. The molecule has 0 amide bonds. The Labute approximate surface area is 88.1 Å². The van der Waals surface area contributed by atoms with E-state index in [0.29, 0.717) is 11.5 Å². The average molecular weight is 203 g/mol. The largest absolute Gasteiger partial charge is 0.314 e. The number of rotatable bonds is 6. The lowest BCUT2D eigenvalue weighted by atomic mass is 9.88. The minimum atomic E-state index is 0.387. The van der Waals surface area contributed by atoms with Crippen molar-refractivity contribution in [3.63, 3.8) is 0 Å². The predicted molar refractivity (Wildman–Crippen MR) is 64.5 cm³/mol. The van der Waals surface area contributed by atoms with Gasteiger partial charge in [0.1, 0.15) is 0 Å². The molecule has 0 fully saturated rings. The van der Waals surface area contributed by atoms with Gasteiger partial charge in [-0.25, -0.2) is 0 Å². The second-order valence-corrected chi connectivity index (χ2v) is 5.99. The Hall–Kier alpha value is 0.310. The van der Waals surface area contributed by atoms with E-state index in [1.54, 1.807) is 0 Å². The molecule has 0 rings (SSSR count). The zero-order chi connectivity index (χ0) is 10.3. The minimum Gasteiger partial charge on any atom is -0.314 e. The Morgan fingerprint density at radius 3 is 2.38 bits per heavy atom. The van der Waals surface area contributed by atoms with Gasteiger partial charge in [0.05, 0.1) is 0 Å². The quantitative estimate of drug-likeness (QED) is 0.666. The molecule has 1 nitrogen and oxygen atoms in total. The monoisotopic (exact) mass is 203 g/mol. The lowest BCUT2D eigenvalue weighted by molar-refractivity contribution is 0.287. The van der Waals surface area contributed by atoms with Crippen molar-refractivity contribution < 1.29 is 0 Å². The number of hydrogen-bond donors (Lipinski definition) is 1. The first-order valence-corrected chi connectivity index (χ1v) is 6.45. The van der Waals surface area contributed by atoms with Gasteiger partial charge in [-0.3, -0.25) is 0 Å². The van der Waals surface area contributed by atoms with Crippen molar-refractivity contribution in [1.29, 1.82) is 0 Å². The molecule has 0 bridgehead atoms. The van der Waals surface area contributed by atoms with E-state index in [1.807, 2.05) is 11.8 Å². The van der Waals surface area contributed by atoms with E-state index >= 15 is 0 Å². The van der Waals surface area contributed by atoms with E-state index in [-0.39, 0.29) is 0 Å². The van der Waals surface area contributed by atoms with Crippen molar-refractivity contribution in [3.05, 3.63) is 0 Å². The Morgan fingerprint density at radius 2 is 1.92 bits per heavy atom. The molecule has 80 valence electrons. The van der Waals surface area contributed by atoms with E-state index in [0.717, 1.165) is 6.54 Å². The van der Waals surface area contributed by atoms with Crippen molar-refractivity contribution >= 4 is 11.8 Å². The van der Waals surface area contributed by atoms with Crippen LogP contribution in [-0.4, -0.2) is 24.1 Å². The average Bonchev–Trinajstić information content (AvgIpc) is 2.02. The van der Waals surface area contributed by atoms with Gasteiger partial charge < -0.3 is 5.32 Å². The van der Waals surface area contributed by atoms with Crippen LogP contribution >= 0.6 is 11.8 Å². The Bertz CT molecular complexity index is 118. The maximum Gasteiger partial charge on any atom is 0.00872 e. The van der Waals surface area contributed by atoms with Gasteiger partial charge in [-0.05, 0) is 36.8 Å². The maximum absolute atomic E-state index is 3.57. The Morgan fingerprint density at radius 1 is 1.31 bits per heavy atom. The molecule has 1 N–H and O–H groups in total. The van der Waals surface area contributed by atoms with Crippen LogP contribution in [0.4, 0.5) is 0 Å². The maximum atomic E-state index is 3.57. The lowest BCUT2D eigenvalue weighted by Crippen LogP contribution is -2.38. The van der Waals surface area contributed by atoms with Crippen molar-refractivity contribution in [2.75, 3.05) is 18.1 Å². The predicted octanol–water partition coefficient (Wildman–Crippen LogP) is 3.15.